The van der Waals surface area contributed by atoms with Gasteiger partial charge in [-0.05, 0) is 32.7 Å². The standard InChI is InChI=1S/C12H25N3/c1-9-4-11(13)7-15(6-9)12-5-10(2)14(3)8-12/h9-12H,4-8,13H2,1-3H3. The zero-order valence-electron chi connectivity index (χ0n) is 10.3. The monoisotopic (exact) mass is 211 g/mol. The maximum atomic E-state index is 6.10. The number of likely N-dealkylation sites (tertiary alicyclic amines) is 2. The summed E-state index contributed by atoms with van der Waals surface area (Å²) in [6.45, 7) is 8.23. The predicted octanol–water partition coefficient (Wildman–Crippen LogP) is 0.748. The number of nitrogens with zero attached hydrogens (tertiary/aromatic N) is 2. The molecule has 0 radical (unpaired) electrons. The van der Waals surface area contributed by atoms with Crippen molar-refractivity contribution in [3.8, 4) is 0 Å². The highest BCUT2D eigenvalue weighted by Gasteiger charge is 2.34. The van der Waals surface area contributed by atoms with Crippen molar-refractivity contribution >= 4 is 0 Å². The van der Waals surface area contributed by atoms with E-state index in [1.54, 1.807) is 0 Å². The molecule has 0 saturated carbocycles. The molecule has 0 aromatic rings. The van der Waals surface area contributed by atoms with Gasteiger partial charge in [-0.2, -0.15) is 0 Å². The van der Waals surface area contributed by atoms with E-state index in [1.807, 2.05) is 0 Å². The summed E-state index contributed by atoms with van der Waals surface area (Å²) in [5.41, 5.74) is 6.10. The first-order valence-corrected chi connectivity index (χ1v) is 6.26. The first-order valence-electron chi connectivity index (χ1n) is 6.26. The van der Waals surface area contributed by atoms with Gasteiger partial charge in [0.1, 0.15) is 0 Å². The van der Waals surface area contributed by atoms with Gasteiger partial charge in [-0.1, -0.05) is 6.92 Å². The number of hydrogen-bond donors (Lipinski definition) is 1. The summed E-state index contributed by atoms with van der Waals surface area (Å²) in [6, 6.07) is 1.89. The Morgan fingerprint density at radius 1 is 1.07 bits per heavy atom. The molecule has 4 atom stereocenters. The molecule has 2 aliphatic rings. The van der Waals surface area contributed by atoms with Gasteiger partial charge < -0.3 is 10.6 Å². The molecule has 2 heterocycles. The minimum absolute atomic E-state index is 0.398. The highest BCUT2D eigenvalue weighted by atomic mass is 15.3. The van der Waals surface area contributed by atoms with Gasteiger partial charge in [0, 0.05) is 37.8 Å². The zero-order valence-corrected chi connectivity index (χ0v) is 10.3. The molecule has 2 aliphatic heterocycles. The van der Waals surface area contributed by atoms with Gasteiger partial charge in [-0.25, -0.2) is 0 Å². The summed E-state index contributed by atoms with van der Waals surface area (Å²) in [5, 5.41) is 0. The van der Waals surface area contributed by atoms with Crippen molar-refractivity contribution < 1.29 is 0 Å². The average Bonchev–Trinajstić information content (AvgIpc) is 2.45. The first-order chi connectivity index (χ1) is 7.06. The van der Waals surface area contributed by atoms with E-state index >= 15 is 0 Å². The minimum atomic E-state index is 0.398. The van der Waals surface area contributed by atoms with E-state index in [-0.39, 0.29) is 0 Å². The lowest BCUT2D eigenvalue weighted by Gasteiger charge is -2.38. The third kappa shape index (κ3) is 2.52. The summed E-state index contributed by atoms with van der Waals surface area (Å²) >= 11 is 0. The molecule has 2 saturated heterocycles. The van der Waals surface area contributed by atoms with E-state index < -0.39 is 0 Å². The summed E-state index contributed by atoms with van der Waals surface area (Å²) in [4.78, 5) is 5.09. The molecular formula is C12H25N3. The Bertz CT molecular complexity index is 199. The van der Waals surface area contributed by atoms with Crippen LogP contribution >= 0.6 is 0 Å². The molecule has 88 valence electrons. The van der Waals surface area contributed by atoms with Gasteiger partial charge in [0.15, 0.2) is 0 Å². The summed E-state index contributed by atoms with van der Waals surface area (Å²) in [6.07, 6.45) is 2.52. The topological polar surface area (TPSA) is 32.5 Å². The molecule has 0 spiro atoms. The number of nitrogens with two attached hydrogens (primary N) is 1. The molecule has 0 bridgehead atoms. The second-order valence-electron chi connectivity index (χ2n) is 5.73. The molecular weight excluding hydrogens is 186 g/mol. The third-order valence-corrected chi connectivity index (χ3v) is 4.10. The quantitative estimate of drug-likeness (QED) is 0.694. The lowest BCUT2D eigenvalue weighted by molar-refractivity contribution is 0.119. The van der Waals surface area contributed by atoms with Gasteiger partial charge in [-0.3, -0.25) is 4.90 Å². The van der Waals surface area contributed by atoms with Crippen LogP contribution in [0, 0.1) is 5.92 Å². The zero-order chi connectivity index (χ0) is 11.0. The van der Waals surface area contributed by atoms with Crippen LogP contribution in [0.15, 0.2) is 0 Å². The van der Waals surface area contributed by atoms with E-state index in [1.165, 1.54) is 25.9 Å². The lowest BCUT2D eigenvalue weighted by Crippen LogP contribution is -2.51. The first kappa shape index (κ1) is 11.4. The number of likely N-dealkylation sites (N-methyl/N-ethyl adjacent to an activating group) is 1. The molecule has 3 nitrogen and oxygen atoms in total. The minimum Gasteiger partial charge on any atom is -0.327 e. The molecule has 2 fully saturated rings. The number of rotatable bonds is 1. The Balaban J connectivity index is 1.93. The van der Waals surface area contributed by atoms with Crippen LogP contribution < -0.4 is 5.73 Å². The van der Waals surface area contributed by atoms with Crippen molar-refractivity contribution in [1.29, 1.82) is 0 Å². The number of hydrogen-bond acceptors (Lipinski definition) is 3. The molecule has 2 N–H and O–H groups in total. The maximum Gasteiger partial charge on any atom is 0.0238 e. The Morgan fingerprint density at radius 2 is 1.80 bits per heavy atom. The van der Waals surface area contributed by atoms with Crippen LogP contribution in [0.4, 0.5) is 0 Å². The Morgan fingerprint density at radius 3 is 2.33 bits per heavy atom. The van der Waals surface area contributed by atoms with Gasteiger partial charge in [-0.15, -0.1) is 0 Å². The third-order valence-electron chi connectivity index (χ3n) is 4.10. The second kappa shape index (κ2) is 4.40. The van der Waals surface area contributed by atoms with Crippen molar-refractivity contribution in [2.75, 3.05) is 26.7 Å². The van der Waals surface area contributed by atoms with E-state index in [2.05, 4.69) is 30.7 Å². The maximum absolute atomic E-state index is 6.10. The highest BCUT2D eigenvalue weighted by molar-refractivity contribution is 4.91. The van der Waals surface area contributed by atoms with E-state index in [9.17, 15) is 0 Å². The summed E-state index contributed by atoms with van der Waals surface area (Å²) < 4.78 is 0. The lowest BCUT2D eigenvalue weighted by atomic mass is 9.95. The summed E-state index contributed by atoms with van der Waals surface area (Å²) in [5.74, 6) is 0.773. The van der Waals surface area contributed by atoms with Gasteiger partial charge in [0.25, 0.3) is 0 Å². The Labute approximate surface area is 93.6 Å². The fraction of sp³-hybridized carbons (Fsp3) is 1.00. The average molecular weight is 211 g/mol. The molecule has 15 heavy (non-hydrogen) atoms. The van der Waals surface area contributed by atoms with E-state index in [0.29, 0.717) is 6.04 Å². The van der Waals surface area contributed by atoms with Crippen molar-refractivity contribution in [3.63, 3.8) is 0 Å². The van der Waals surface area contributed by atoms with Crippen LogP contribution in [0.5, 0.6) is 0 Å². The molecule has 2 rings (SSSR count). The van der Waals surface area contributed by atoms with Crippen molar-refractivity contribution in [1.82, 2.24) is 9.80 Å². The number of piperidine rings is 1. The Hall–Kier alpha value is -0.120. The van der Waals surface area contributed by atoms with Crippen LogP contribution in [-0.4, -0.2) is 54.6 Å². The van der Waals surface area contributed by atoms with Crippen LogP contribution in [0.2, 0.25) is 0 Å². The predicted molar refractivity (Wildman–Crippen MR) is 63.8 cm³/mol. The SMILES string of the molecule is CC1CC(N)CN(C2CC(C)N(C)C2)C1. The molecule has 0 aliphatic carbocycles. The van der Waals surface area contributed by atoms with Crippen molar-refractivity contribution in [3.05, 3.63) is 0 Å². The molecule has 0 aromatic carbocycles. The molecule has 0 aromatic heterocycles. The van der Waals surface area contributed by atoms with Crippen LogP contribution in [0.1, 0.15) is 26.7 Å². The van der Waals surface area contributed by atoms with E-state index in [0.717, 1.165) is 24.5 Å². The smallest absolute Gasteiger partial charge is 0.0238 e. The largest absolute Gasteiger partial charge is 0.327 e. The fourth-order valence-electron chi connectivity index (χ4n) is 3.17. The van der Waals surface area contributed by atoms with Gasteiger partial charge in [0.2, 0.25) is 0 Å². The Kier molecular flexibility index (Phi) is 3.33. The van der Waals surface area contributed by atoms with Crippen LogP contribution in [0.3, 0.4) is 0 Å². The van der Waals surface area contributed by atoms with Crippen molar-refractivity contribution in [2.45, 2.75) is 44.8 Å². The van der Waals surface area contributed by atoms with E-state index in [4.69, 9.17) is 5.73 Å². The fourth-order valence-corrected chi connectivity index (χ4v) is 3.17. The highest BCUT2D eigenvalue weighted by Crippen LogP contribution is 2.24. The molecule has 3 heteroatoms. The summed E-state index contributed by atoms with van der Waals surface area (Å²) in [7, 11) is 2.23. The van der Waals surface area contributed by atoms with Crippen LogP contribution in [0.25, 0.3) is 0 Å². The molecule has 0 amide bonds. The van der Waals surface area contributed by atoms with Crippen molar-refractivity contribution in [2.24, 2.45) is 11.7 Å². The molecule has 4 unspecified atom stereocenters. The second-order valence-corrected chi connectivity index (χ2v) is 5.73. The normalized spacial score (nSPS) is 44.8. The van der Waals surface area contributed by atoms with Crippen LogP contribution in [-0.2, 0) is 0 Å². The van der Waals surface area contributed by atoms with Gasteiger partial charge >= 0.3 is 0 Å². The van der Waals surface area contributed by atoms with Gasteiger partial charge in [0.05, 0.1) is 0 Å².